The summed E-state index contributed by atoms with van der Waals surface area (Å²) in [4.78, 5) is 8.91. The van der Waals surface area contributed by atoms with Gasteiger partial charge in [-0.15, -0.1) is 0 Å². The van der Waals surface area contributed by atoms with Gasteiger partial charge in [0.15, 0.2) is 0 Å². The topological polar surface area (TPSA) is 69.3 Å². The molecule has 1 N–H and O–H groups in total. The number of para-hydroxylation sites is 1. The molecule has 1 aromatic heterocycles. The van der Waals surface area contributed by atoms with Gasteiger partial charge in [-0.2, -0.15) is 4.31 Å². The van der Waals surface area contributed by atoms with Gasteiger partial charge in [0, 0.05) is 43.8 Å². The summed E-state index contributed by atoms with van der Waals surface area (Å²) in [6, 6.07) is 18.6. The van der Waals surface area contributed by atoms with Gasteiger partial charge in [0.05, 0.1) is 18.4 Å². The molecule has 0 saturated heterocycles. The lowest BCUT2D eigenvalue weighted by Crippen LogP contribution is -2.42. The van der Waals surface area contributed by atoms with Crippen molar-refractivity contribution >= 4 is 15.7 Å². The fourth-order valence-corrected chi connectivity index (χ4v) is 5.30. The number of likely N-dealkylation sites (N-methyl/N-ethyl adjacent to an activating group) is 1. The molecule has 1 unspecified atom stereocenters. The highest BCUT2D eigenvalue weighted by molar-refractivity contribution is 7.89. The fourth-order valence-electron chi connectivity index (χ4n) is 3.92. The van der Waals surface area contributed by atoms with E-state index in [1.165, 1.54) is 11.6 Å². The van der Waals surface area contributed by atoms with Gasteiger partial charge in [0.25, 0.3) is 0 Å². The second kappa shape index (κ2) is 22.5. The molecule has 0 radical (unpaired) electrons. The zero-order valence-corrected chi connectivity index (χ0v) is 27.0. The van der Waals surface area contributed by atoms with Gasteiger partial charge < -0.3 is 9.88 Å². The van der Waals surface area contributed by atoms with Crippen LogP contribution in [0.2, 0.25) is 0 Å². The standard InChI is InChI=1S/C22H28N2O2S.C4H6N2.C3H5F.2C2H6/c1-3-4-16-27(25,26)24-17-20-12-8-9-13-22(20)23(2)21(18-24)15-14-19-10-6-5-7-11-19;1-4-2-5-3-6-4;1-2-3-4;2*1-2/h3-13,21H,14-18H2,1-2H3;2-3H,1H3,(H,5,6);2-3H,1H3;2*1-2H3/b4-3-;;3-2+;;. The molecule has 2 heterocycles. The van der Waals surface area contributed by atoms with Crippen LogP contribution in [-0.4, -0.2) is 48.1 Å². The highest BCUT2D eigenvalue weighted by Gasteiger charge is 2.31. The summed E-state index contributed by atoms with van der Waals surface area (Å²) in [6.07, 6.45) is 10.6. The first-order chi connectivity index (χ1) is 19.8. The minimum Gasteiger partial charge on any atom is -0.370 e. The van der Waals surface area contributed by atoms with Crippen LogP contribution in [0, 0.1) is 6.92 Å². The Balaban J connectivity index is 0.000000950. The Morgan fingerprint density at radius 1 is 1.00 bits per heavy atom. The van der Waals surface area contributed by atoms with Crippen molar-refractivity contribution in [1.29, 1.82) is 0 Å². The number of halogens is 1. The quantitative estimate of drug-likeness (QED) is 0.296. The van der Waals surface area contributed by atoms with Crippen molar-refractivity contribution in [3.05, 3.63) is 109 Å². The van der Waals surface area contributed by atoms with Crippen molar-refractivity contribution in [2.24, 2.45) is 0 Å². The van der Waals surface area contributed by atoms with Crippen LogP contribution in [0.3, 0.4) is 0 Å². The highest BCUT2D eigenvalue weighted by atomic mass is 32.2. The lowest BCUT2D eigenvalue weighted by Gasteiger charge is -2.30. The van der Waals surface area contributed by atoms with E-state index in [1.54, 1.807) is 35.9 Å². The number of rotatable bonds is 6. The van der Waals surface area contributed by atoms with E-state index < -0.39 is 10.0 Å². The number of aryl methyl sites for hydroxylation is 2. The van der Waals surface area contributed by atoms with Crippen LogP contribution < -0.4 is 4.90 Å². The number of nitrogens with one attached hydrogen (secondary N) is 1. The number of sulfonamides is 1. The van der Waals surface area contributed by atoms with Crippen molar-refractivity contribution in [2.45, 2.75) is 73.9 Å². The smallest absolute Gasteiger partial charge is 0.218 e. The molecule has 1 atom stereocenters. The fraction of sp³-hybridized carbons (Fsp3) is 0.424. The molecular formula is C33H51FN4O2S. The number of nitrogens with zero attached hydrogens (tertiary/aromatic N) is 3. The Bertz CT molecular complexity index is 1190. The van der Waals surface area contributed by atoms with Crippen LogP contribution >= 0.6 is 0 Å². The molecule has 0 fully saturated rings. The van der Waals surface area contributed by atoms with Gasteiger partial charge in [0.2, 0.25) is 10.0 Å². The minimum atomic E-state index is -3.33. The molecule has 0 amide bonds. The van der Waals surface area contributed by atoms with Crippen molar-refractivity contribution < 1.29 is 12.8 Å². The first-order valence-corrected chi connectivity index (χ1v) is 16.0. The Labute approximate surface area is 249 Å². The van der Waals surface area contributed by atoms with E-state index >= 15 is 0 Å². The number of benzene rings is 2. The van der Waals surface area contributed by atoms with Crippen LogP contribution in [-0.2, 0) is 23.0 Å². The molecule has 3 aromatic rings. The second-order valence-electron chi connectivity index (χ2n) is 8.75. The molecule has 6 nitrogen and oxygen atoms in total. The van der Waals surface area contributed by atoms with Gasteiger partial charge in [-0.1, -0.05) is 94.5 Å². The maximum atomic E-state index is 12.9. The molecule has 8 heteroatoms. The summed E-state index contributed by atoms with van der Waals surface area (Å²) in [6.45, 7) is 14.4. The van der Waals surface area contributed by atoms with E-state index in [2.05, 4.69) is 52.2 Å². The molecule has 41 heavy (non-hydrogen) atoms. The van der Waals surface area contributed by atoms with Gasteiger partial charge in [0.1, 0.15) is 0 Å². The molecule has 4 rings (SSSR count). The lowest BCUT2D eigenvalue weighted by molar-refractivity contribution is 0.377. The van der Waals surface area contributed by atoms with Crippen LogP contribution in [0.1, 0.15) is 64.8 Å². The highest BCUT2D eigenvalue weighted by Crippen LogP contribution is 2.29. The van der Waals surface area contributed by atoms with Crippen LogP contribution in [0.4, 0.5) is 10.1 Å². The lowest BCUT2D eigenvalue weighted by atomic mass is 10.0. The summed E-state index contributed by atoms with van der Waals surface area (Å²) in [5.74, 6) is 0.0563. The number of aromatic amines is 1. The zero-order valence-electron chi connectivity index (χ0n) is 26.2. The number of aromatic nitrogens is 2. The Hall–Kier alpha value is -3.23. The third kappa shape index (κ3) is 14.3. The van der Waals surface area contributed by atoms with Gasteiger partial charge in [-0.25, -0.2) is 17.8 Å². The SMILES string of the molecule is C/C=C/F.C/C=C\CS(=O)(=O)N1Cc2ccccc2N(C)C(CCc2ccccc2)C1.CC.CC.Cc1cnc[nH]1. The Morgan fingerprint density at radius 2 is 1.61 bits per heavy atom. The minimum absolute atomic E-state index is 0.0563. The molecule has 2 aromatic carbocycles. The maximum absolute atomic E-state index is 12.9. The van der Waals surface area contributed by atoms with Crippen molar-refractivity contribution in [3.8, 4) is 0 Å². The first-order valence-electron chi connectivity index (χ1n) is 14.4. The van der Waals surface area contributed by atoms with Crippen LogP contribution in [0.25, 0.3) is 0 Å². The largest absolute Gasteiger partial charge is 0.370 e. The molecule has 0 saturated carbocycles. The van der Waals surface area contributed by atoms with E-state index in [-0.39, 0.29) is 11.8 Å². The molecule has 0 bridgehead atoms. The molecule has 1 aliphatic heterocycles. The molecular weight excluding hydrogens is 535 g/mol. The van der Waals surface area contributed by atoms with Crippen molar-refractivity contribution in [1.82, 2.24) is 14.3 Å². The van der Waals surface area contributed by atoms with E-state index in [0.29, 0.717) is 19.4 Å². The predicted octanol–water partition coefficient (Wildman–Crippen LogP) is 8.11. The third-order valence-corrected chi connectivity index (χ3v) is 7.66. The normalized spacial score (nSPS) is 14.7. The predicted molar refractivity (Wildman–Crippen MR) is 174 cm³/mol. The number of anilines is 1. The Morgan fingerprint density at radius 3 is 2.12 bits per heavy atom. The second-order valence-corrected chi connectivity index (χ2v) is 10.8. The van der Waals surface area contributed by atoms with Crippen molar-refractivity contribution in [2.75, 3.05) is 24.2 Å². The molecule has 0 spiro atoms. The van der Waals surface area contributed by atoms with Gasteiger partial charge in [-0.3, -0.25) is 0 Å². The van der Waals surface area contributed by atoms with Crippen LogP contribution in [0.15, 0.2) is 91.7 Å². The summed E-state index contributed by atoms with van der Waals surface area (Å²) >= 11 is 0. The molecule has 228 valence electrons. The average molecular weight is 587 g/mol. The number of allylic oxidation sites excluding steroid dienone is 2. The van der Waals surface area contributed by atoms with Gasteiger partial charge >= 0.3 is 0 Å². The zero-order chi connectivity index (χ0) is 31.1. The summed E-state index contributed by atoms with van der Waals surface area (Å²) < 4.78 is 38.0. The average Bonchev–Trinajstić information content (AvgIpc) is 3.45. The summed E-state index contributed by atoms with van der Waals surface area (Å²) in [5.41, 5.74) is 4.58. The van der Waals surface area contributed by atoms with E-state index in [1.807, 2.05) is 65.8 Å². The van der Waals surface area contributed by atoms with E-state index in [0.717, 1.165) is 29.8 Å². The number of imidazole rings is 1. The van der Waals surface area contributed by atoms with Gasteiger partial charge in [-0.05, 0) is 50.8 Å². The number of H-pyrrole nitrogens is 1. The summed E-state index contributed by atoms with van der Waals surface area (Å²) in [5, 5.41) is 0. The monoisotopic (exact) mass is 586 g/mol. The number of hydrogen-bond donors (Lipinski definition) is 1. The first kappa shape index (κ1) is 37.8. The maximum Gasteiger partial charge on any atom is 0.218 e. The molecule has 1 aliphatic rings. The van der Waals surface area contributed by atoms with E-state index in [4.69, 9.17) is 0 Å². The number of hydrogen-bond acceptors (Lipinski definition) is 4. The third-order valence-electron chi connectivity index (χ3n) is 5.99. The van der Waals surface area contributed by atoms with Crippen molar-refractivity contribution in [3.63, 3.8) is 0 Å². The number of fused-ring (bicyclic) bond motifs is 1. The molecule has 0 aliphatic carbocycles. The van der Waals surface area contributed by atoms with Crippen LogP contribution in [0.5, 0.6) is 0 Å². The summed E-state index contributed by atoms with van der Waals surface area (Å²) in [7, 11) is -1.25. The van der Waals surface area contributed by atoms with E-state index in [9.17, 15) is 12.8 Å². The Kier molecular flexibility index (Phi) is 20.7.